The van der Waals surface area contributed by atoms with Gasteiger partial charge in [-0.05, 0) is 42.7 Å². The van der Waals surface area contributed by atoms with Crippen LogP contribution in [-0.2, 0) is 32.3 Å². The highest BCUT2D eigenvalue weighted by atomic mass is 16.6. The van der Waals surface area contributed by atoms with Gasteiger partial charge in [-0.25, -0.2) is 0 Å². The Bertz CT molecular complexity index is 895. The molecular formula is C24H23NO4. The van der Waals surface area contributed by atoms with Gasteiger partial charge in [-0.3, -0.25) is 14.6 Å². The number of hydrogen-bond acceptors (Lipinski definition) is 5. The molecule has 0 aliphatic rings. The van der Waals surface area contributed by atoms with E-state index < -0.39 is 17.9 Å². The van der Waals surface area contributed by atoms with E-state index in [0.29, 0.717) is 5.56 Å². The third-order valence-corrected chi connectivity index (χ3v) is 4.36. The van der Waals surface area contributed by atoms with E-state index in [1.165, 1.54) is 0 Å². The molecule has 3 aromatic rings. The normalized spacial score (nSPS) is 10.6. The van der Waals surface area contributed by atoms with Crippen molar-refractivity contribution in [2.45, 2.75) is 33.0 Å². The third-order valence-electron chi connectivity index (χ3n) is 4.36. The average molecular weight is 389 g/mol. The smallest absolute Gasteiger partial charge is 0.325 e. The first-order valence-electron chi connectivity index (χ1n) is 9.39. The van der Waals surface area contributed by atoms with Crippen LogP contribution >= 0.6 is 0 Å². The predicted octanol–water partition coefficient (Wildman–Crippen LogP) is 4.27. The van der Waals surface area contributed by atoms with Crippen LogP contribution in [0.25, 0.3) is 0 Å². The van der Waals surface area contributed by atoms with Crippen molar-refractivity contribution in [2.24, 2.45) is 0 Å². The lowest BCUT2D eigenvalue weighted by Gasteiger charge is -2.17. The topological polar surface area (TPSA) is 65.5 Å². The van der Waals surface area contributed by atoms with Gasteiger partial charge in [-0.1, -0.05) is 60.7 Å². The molecule has 1 aromatic heterocycles. The zero-order valence-electron chi connectivity index (χ0n) is 16.5. The van der Waals surface area contributed by atoms with Crippen LogP contribution in [0.4, 0.5) is 0 Å². The van der Waals surface area contributed by atoms with Gasteiger partial charge >= 0.3 is 11.9 Å². The minimum Gasteiger partial charge on any atom is -0.460 e. The lowest BCUT2D eigenvalue weighted by Crippen LogP contribution is -2.26. The highest BCUT2D eigenvalue weighted by Gasteiger charge is 2.32. The highest BCUT2D eigenvalue weighted by molar-refractivity contribution is 6.00. The molecule has 0 aliphatic heterocycles. The van der Waals surface area contributed by atoms with Gasteiger partial charge in [-0.15, -0.1) is 0 Å². The second-order valence-corrected chi connectivity index (χ2v) is 6.80. The fourth-order valence-corrected chi connectivity index (χ4v) is 3.03. The number of aryl methyl sites for hydroxylation is 2. The average Bonchev–Trinajstić information content (AvgIpc) is 2.72. The summed E-state index contributed by atoms with van der Waals surface area (Å²) in [5.41, 5.74) is 3.65. The predicted molar refractivity (Wildman–Crippen MR) is 109 cm³/mol. The van der Waals surface area contributed by atoms with Gasteiger partial charge in [0.05, 0.1) is 0 Å². The number of rotatable bonds is 7. The lowest BCUT2D eigenvalue weighted by molar-refractivity contribution is -0.159. The molecule has 5 heteroatoms. The summed E-state index contributed by atoms with van der Waals surface area (Å²) in [6.07, 6.45) is 0. The molecular weight excluding hydrogens is 366 g/mol. The van der Waals surface area contributed by atoms with Crippen molar-refractivity contribution >= 4 is 11.9 Å². The first-order valence-corrected chi connectivity index (χ1v) is 9.39. The second kappa shape index (κ2) is 9.64. The molecule has 2 aromatic carbocycles. The van der Waals surface area contributed by atoms with Gasteiger partial charge in [0, 0.05) is 11.4 Å². The van der Waals surface area contributed by atoms with Gasteiger partial charge in [-0.2, -0.15) is 0 Å². The zero-order chi connectivity index (χ0) is 20.6. The lowest BCUT2D eigenvalue weighted by atomic mass is 9.98. The van der Waals surface area contributed by atoms with E-state index in [-0.39, 0.29) is 13.2 Å². The molecule has 0 unspecified atom stereocenters. The van der Waals surface area contributed by atoms with E-state index in [4.69, 9.17) is 9.47 Å². The first-order chi connectivity index (χ1) is 14.0. The van der Waals surface area contributed by atoms with Crippen molar-refractivity contribution in [2.75, 3.05) is 0 Å². The van der Waals surface area contributed by atoms with Crippen LogP contribution < -0.4 is 0 Å². The summed E-state index contributed by atoms with van der Waals surface area (Å²) in [6, 6.07) is 22.1. The molecule has 0 radical (unpaired) electrons. The minimum absolute atomic E-state index is 0.0885. The van der Waals surface area contributed by atoms with Crippen molar-refractivity contribution in [3.63, 3.8) is 0 Å². The SMILES string of the molecule is Cc1cc(C(C(=O)OCc2ccccc2)C(=O)OCc2ccccc2)cc(C)n1. The molecule has 0 saturated heterocycles. The van der Waals surface area contributed by atoms with Crippen molar-refractivity contribution in [3.05, 3.63) is 101 Å². The summed E-state index contributed by atoms with van der Waals surface area (Å²) in [5.74, 6) is -2.45. The maximum absolute atomic E-state index is 12.8. The van der Waals surface area contributed by atoms with Crippen molar-refractivity contribution in [3.8, 4) is 0 Å². The summed E-state index contributed by atoms with van der Waals surface area (Å²) in [5, 5.41) is 0. The largest absolute Gasteiger partial charge is 0.460 e. The fourth-order valence-electron chi connectivity index (χ4n) is 3.03. The molecule has 148 valence electrons. The summed E-state index contributed by atoms with van der Waals surface area (Å²) in [7, 11) is 0. The van der Waals surface area contributed by atoms with Gasteiger partial charge in [0.15, 0.2) is 5.92 Å². The quantitative estimate of drug-likeness (QED) is 0.446. The Morgan fingerprint density at radius 1 is 0.759 bits per heavy atom. The molecule has 3 rings (SSSR count). The molecule has 5 nitrogen and oxygen atoms in total. The van der Waals surface area contributed by atoms with Crippen LogP contribution in [0.1, 0.15) is 34.0 Å². The van der Waals surface area contributed by atoms with Gasteiger partial charge in [0.1, 0.15) is 13.2 Å². The van der Waals surface area contributed by atoms with E-state index in [2.05, 4.69) is 4.98 Å². The fraction of sp³-hybridized carbons (Fsp3) is 0.208. The molecule has 0 spiro atoms. The number of esters is 2. The van der Waals surface area contributed by atoms with Crippen LogP contribution in [0.2, 0.25) is 0 Å². The summed E-state index contributed by atoms with van der Waals surface area (Å²) in [4.78, 5) is 30.0. The number of carbonyl (C=O) groups excluding carboxylic acids is 2. The molecule has 0 atom stereocenters. The van der Waals surface area contributed by atoms with Crippen LogP contribution in [0.3, 0.4) is 0 Å². The molecule has 0 N–H and O–H groups in total. The number of hydrogen-bond donors (Lipinski definition) is 0. The number of aromatic nitrogens is 1. The second-order valence-electron chi connectivity index (χ2n) is 6.80. The Kier molecular flexibility index (Phi) is 6.74. The van der Waals surface area contributed by atoms with E-state index in [1.807, 2.05) is 74.5 Å². The molecule has 29 heavy (non-hydrogen) atoms. The monoisotopic (exact) mass is 389 g/mol. The molecule has 0 saturated carbocycles. The standard InChI is InChI=1S/C24H23NO4/c1-17-13-21(14-18(2)25-17)22(23(26)28-15-19-9-5-3-6-10-19)24(27)29-16-20-11-7-4-8-12-20/h3-14,22H,15-16H2,1-2H3. The molecule has 0 fully saturated rings. The van der Waals surface area contributed by atoms with E-state index >= 15 is 0 Å². The molecule has 1 heterocycles. The van der Waals surface area contributed by atoms with Crippen molar-refractivity contribution in [1.29, 1.82) is 0 Å². The number of ether oxygens (including phenoxy) is 2. The van der Waals surface area contributed by atoms with Crippen LogP contribution in [0.15, 0.2) is 72.8 Å². The maximum Gasteiger partial charge on any atom is 0.325 e. The number of benzene rings is 2. The third kappa shape index (κ3) is 5.75. The van der Waals surface area contributed by atoms with Crippen LogP contribution in [-0.4, -0.2) is 16.9 Å². The highest BCUT2D eigenvalue weighted by Crippen LogP contribution is 2.22. The van der Waals surface area contributed by atoms with E-state index in [0.717, 1.165) is 22.5 Å². The van der Waals surface area contributed by atoms with E-state index in [9.17, 15) is 9.59 Å². The summed E-state index contributed by atoms with van der Waals surface area (Å²) >= 11 is 0. The molecule has 0 aliphatic carbocycles. The Morgan fingerprint density at radius 2 is 1.17 bits per heavy atom. The number of carbonyl (C=O) groups is 2. The maximum atomic E-state index is 12.8. The Hall–Kier alpha value is -3.47. The van der Waals surface area contributed by atoms with Crippen LogP contribution in [0.5, 0.6) is 0 Å². The summed E-state index contributed by atoms with van der Waals surface area (Å²) < 4.78 is 10.9. The van der Waals surface area contributed by atoms with Crippen molar-refractivity contribution in [1.82, 2.24) is 4.98 Å². The number of pyridine rings is 1. The molecule has 0 amide bonds. The minimum atomic E-state index is -1.16. The summed E-state index contributed by atoms with van der Waals surface area (Å²) in [6.45, 7) is 3.81. The van der Waals surface area contributed by atoms with Gasteiger partial charge < -0.3 is 9.47 Å². The number of nitrogens with zero attached hydrogens (tertiary/aromatic N) is 1. The Morgan fingerprint density at radius 3 is 1.59 bits per heavy atom. The zero-order valence-corrected chi connectivity index (χ0v) is 16.5. The van der Waals surface area contributed by atoms with Crippen molar-refractivity contribution < 1.29 is 19.1 Å². The van der Waals surface area contributed by atoms with Gasteiger partial charge in [0.25, 0.3) is 0 Å². The van der Waals surface area contributed by atoms with E-state index in [1.54, 1.807) is 12.1 Å². The Balaban J connectivity index is 1.78. The molecule has 0 bridgehead atoms. The Labute approximate surface area is 170 Å². The van der Waals surface area contributed by atoms with Gasteiger partial charge in [0.2, 0.25) is 0 Å². The van der Waals surface area contributed by atoms with Crippen LogP contribution in [0, 0.1) is 13.8 Å². The first kappa shape index (κ1) is 20.3.